The number of hydrogen-bond acceptors (Lipinski definition) is 4. The molecule has 0 bridgehead atoms. The van der Waals surface area contributed by atoms with Crippen molar-refractivity contribution in [1.29, 1.82) is 0 Å². The van der Waals surface area contributed by atoms with Crippen LogP contribution >= 0.6 is 0 Å². The fourth-order valence-corrected chi connectivity index (χ4v) is 3.15. The number of rotatable bonds is 10. The molecule has 0 aromatic heterocycles. The van der Waals surface area contributed by atoms with Crippen molar-refractivity contribution in [2.45, 2.75) is 19.9 Å². The molecule has 1 aromatic rings. The van der Waals surface area contributed by atoms with E-state index in [1.165, 1.54) is 10.6 Å². The minimum atomic E-state index is -3.31. The Balaban J connectivity index is 2.62. The first-order chi connectivity index (χ1) is 11.2. The lowest BCUT2D eigenvalue weighted by Crippen LogP contribution is -2.39. The van der Waals surface area contributed by atoms with Crippen molar-refractivity contribution in [2.75, 3.05) is 46.5 Å². The van der Waals surface area contributed by atoms with Gasteiger partial charge in [0.15, 0.2) is 0 Å². The van der Waals surface area contributed by atoms with Crippen LogP contribution in [0.4, 0.5) is 0 Å². The minimum absolute atomic E-state index is 0.0279. The highest BCUT2D eigenvalue weighted by Crippen LogP contribution is 2.07. The smallest absolute Gasteiger partial charge is 0.224 e. The van der Waals surface area contributed by atoms with Crippen molar-refractivity contribution < 1.29 is 13.2 Å². The monoisotopic (exact) mass is 355 g/mol. The number of amides is 1. The Morgan fingerprint density at radius 1 is 1.04 bits per heavy atom. The van der Waals surface area contributed by atoms with E-state index in [4.69, 9.17) is 0 Å². The molecule has 0 saturated carbocycles. The van der Waals surface area contributed by atoms with Crippen LogP contribution in [0.15, 0.2) is 30.3 Å². The molecular formula is C17H29N3O3S. The third-order valence-corrected chi connectivity index (χ3v) is 5.09. The first kappa shape index (κ1) is 20.6. The van der Waals surface area contributed by atoms with Gasteiger partial charge in [-0.1, -0.05) is 30.3 Å². The zero-order valence-corrected chi connectivity index (χ0v) is 15.9. The van der Waals surface area contributed by atoms with Gasteiger partial charge in [0.05, 0.1) is 6.26 Å². The van der Waals surface area contributed by atoms with Gasteiger partial charge < -0.3 is 9.80 Å². The summed E-state index contributed by atoms with van der Waals surface area (Å²) in [5.41, 5.74) is 1.07. The maximum absolute atomic E-state index is 12.4. The Kier molecular flexibility index (Phi) is 8.38. The van der Waals surface area contributed by atoms with Crippen LogP contribution < -0.4 is 0 Å². The van der Waals surface area contributed by atoms with Gasteiger partial charge in [0, 0.05) is 39.1 Å². The van der Waals surface area contributed by atoms with Crippen LogP contribution in [0.2, 0.25) is 0 Å². The molecule has 0 spiro atoms. The Hall–Kier alpha value is -1.44. The number of carbonyl (C=O) groups is 1. The van der Waals surface area contributed by atoms with E-state index in [2.05, 4.69) is 0 Å². The van der Waals surface area contributed by atoms with Gasteiger partial charge in [-0.2, -0.15) is 0 Å². The Morgan fingerprint density at radius 3 is 2.17 bits per heavy atom. The number of hydrogen-bond donors (Lipinski definition) is 0. The van der Waals surface area contributed by atoms with Gasteiger partial charge in [-0.15, -0.1) is 0 Å². The second kappa shape index (κ2) is 9.76. The fraction of sp³-hybridized carbons (Fsp3) is 0.588. The van der Waals surface area contributed by atoms with Crippen molar-refractivity contribution in [3.8, 4) is 0 Å². The van der Waals surface area contributed by atoms with Gasteiger partial charge in [0.2, 0.25) is 15.9 Å². The van der Waals surface area contributed by atoms with Crippen molar-refractivity contribution in [3.05, 3.63) is 35.9 Å². The largest absolute Gasteiger partial charge is 0.339 e. The van der Waals surface area contributed by atoms with Crippen LogP contribution in [0.5, 0.6) is 0 Å². The van der Waals surface area contributed by atoms with Gasteiger partial charge in [0.25, 0.3) is 0 Å². The molecule has 136 valence electrons. The second-order valence-electron chi connectivity index (χ2n) is 6.11. The van der Waals surface area contributed by atoms with E-state index < -0.39 is 10.0 Å². The standard InChI is InChI=1S/C17H29N3O3S/c1-5-19(15-16-9-7-6-8-10-16)17(21)11-12-20(24(4,22)23)14-13-18(2)3/h6-10H,5,11-15H2,1-4H3. The normalized spacial score (nSPS) is 11.9. The topological polar surface area (TPSA) is 60.9 Å². The van der Waals surface area contributed by atoms with Crippen molar-refractivity contribution in [1.82, 2.24) is 14.1 Å². The van der Waals surface area contributed by atoms with Gasteiger partial charge in [0.1, 0.15) is 0 Å². The molecule has 0 fully saturated rings. The first-order valence-corrected chi connectivity index (χ1v) is 10.0. The molecule has 0 atom stereocenters. The Bertz CT molecular complexity index is 603. The van der Waals surface area contributed by atoms with Crippen LogP contribution in [-0.4, -0.2) is 75.0 Å². The molecule has 0 N–H and O–H groups in total. The van der Waals surface area contributed by atoms with E-state index in [9.17, 15) is 13.2 Å². The molecule has 0 unspecified atom stereocenters. The van der Waals surface area contributed by atoms with Crippen LogP contribution in [0.3, 0.4) is 0 Å². The number of benzene rings is 1. The Labute approximate surface area is 146 Å². The lowest BCUT2D eigenvalue weighted by Gasteiger charge is -2.25. The zero-order valence-electron chi connectivity index (χ0n) is 15.1. The van der Waals surface area contributed by atoms with E-state index in [-0.39, 0.29) is 18.9 Å². The predicted octanol–water partition coefficient (Wildman–Crippen LogP) is 1.25. The maximum atomic E-state index is 12.4. The molecular weight excluding hydrogens is 326 g/mol. The molecule has 0 aliphatic rings. The maximum Gasteiger partial charge on any atom is 0.224 e. The summed E-state index contributed by atoms with van der Waals surface area (Å²) in [4.78, 5) is 16.1. The number of likely N-dealkylation sites (N-methyl/N-ethyl adjacent to an activating group) is 1. The molecule has 0 heterocycles. The van der Waals surface area contributed by atoms with Gasteiger partial charge in [-0.3, -0.25) is 4.79 Å². The van der Waals surface area contributed by atoms with E-state index in [1.54, 1.807) is 4.90 Å². The highest BCUT2D eigenvalue weighted by Gasteiger charge is 2.20. The quantitative estimate of drug-likeness (QED) is 0.634. The fourth-order valence-electron chi connectivity index (χ4n) is 2.31. The molecule has 0 radical (unpaired) electrons. The average molecular weight is 356 g/mol. The van der Waals surface area contributed by atoms with Crippen LogP contribution in [0.1, 0.15) is 18.9 Å². The second-order valence-corrected chi connectivity index (χ2v) is 8.09. The van der Waals surface area contributed by atoms with Gasteiger partial charge in [-0.25, -0.2) is 12.7 Å². The molecule has 1 amide bonds. The number of carbonyl (C=O) groups excluding carboxylic acids is 1. The first-order valence-electron chi connectivity index (χ1n) is 8.15. The molecule has 0 aliphatic carbocycles. The summed E-state index contributed by atoms with van der Waals surface area (Å²) < 4.78 is 25.1. The third kappa shape index (κ3) is 7.42. The molecule has 6 nitrogen and oxygen atoms in total. The van der Waals surface area contributed by atoms with Crippen molar-refractivity contribution >= 4 is 15.9 Å². The van der Waals surface area contributed by atoms with Crippen LogP contribution in [0, 0.1) is 0 Å². The summed E-state index contributed by atoms with van der Waals surface area (Å²) in [7, 11) is 0.475. The van der Waals surface area contributed by atoms with Gasteiger partial charge in [-0.05, 0) is 26.6 Å². The predicted molar refractivity (Wildman–Crippen MR) is 97.1 cm³/mol. The lowest BCUT2D eigenvalue weighted by atomic mass is 10.2. The summed E-state index contributed by atoms with van der Waals surface area (Å²) in [6.45, 7) is 4.32. The minimum Gasteiger partial charge on any atom is -0.339 e. The van der Waals surface area contributed by atoms with Crippen molar-refractivity contribution in [3.63, 3.8) is 0 Å². The van der Waals surface area contributed by atoms with E-state index in [1.807, 2.05) is 56.3 Å². The van der Waals surface area contributed by atoms with E-state index in [0.29, 0.717) is 26.2 Å². The van der Waals surface area contributed by atoms with E-state index >= 15 is 0 Å². The summed E-state index contributed by atoms with van der Waals surface area (Å²) in [5, 5.41) is 0. The molecule has 1 aromatic carbocycles. The van der Waals surface area contributed by atoms with Crippen LogP contribution in [0.25, 0.3) is 0 Å². The number of nitrogens with zero attached hydrogens (tertiary/aromatic N) is 3. The summed E-state index contributed by atoms with van der Waals surface area (Å²) in [5.74, 6) is -0.0279. The van der Waals surface area contributed by atoms with Gasteiger partial charge >= 0.3 is 0 Å². The lowest BCUT2D eigenvalue weighted by molar-refractivity contribution is -0.131. The van der Waals surface area contributed by atoms with Crippen LogP contribution in [-0.2, 0) is 21.4 Å². The highest BCUT2D eigenvalue weighted by atomic mass is 32.2. The molecule has 1 rings (SSSR count). The third-order valence-electron chi connectivity index (χ3n) is 3.79. The summed E-state index contributed by atoms with van der Waals surface area (Å²) in [6, 6.07) is 9.79. The average Bonchev–Trinajstić information content (AvgIpc) is 2.51. The van der Waals surface area contributed by atoms with Crippen molar-refractivity contribution in [2.24, 2.45) is 0 Å². The Morgan fingerprint density at radius 2 is 1.67 bits per heavy atom. The SMILES string of the molecule is CCN(Cc1ccccc1)C(=O)CCN(CCN(C)C)S(C)(=O)=O. The number of sulfonamides is 1. The molecule has 0 aliphatic heterocycles. The highest BCUT2D eigenvalue weighted by molar-refractivity contribution is 7.88. The zero-order chi connectivity index (χ0) is 18.2. The van der Waals surface area contributed by atoms with E-state index in [0.717, 1.165) is 5.56 Å². The molecule has 7 heteroatoms. The summed E-state index contributed by atoms with van der Waals surface area (Å²) in [6.07, 6.45) is 1.38. The molecule has 24 heavy (non-hydrogen) atoms. The summed E-state index contributed by atoms with van der Waals surface area (Å²) >= 11 is 0. The molecule has 0 saturated heterocycles.